The second-order valence-electron chi connectivity index (χ2n) is 5.32. The van der Waals surface area contributed by atoms with E-state index in [-0.39, 0.29) is 30.4 Å². The van der Waals surface area contributed by atoms with Gasteiger partial charge >= 0.3 is 0 Å². The highest BCUT2D eigenvalue weighted by atomic mass is 16.6. The summed E-state index contributed by atoms with van der Waals surface area (Å²) in [5.41, 5.74) is 0.536. The Morgan fingerprint density at radius 1 is 1.30 bits per heavy atom. The van der Waals surface area contributed by atoms with Crippen molar-refractivity contribution < 1.29 is 14.8 Å². The fraction of sp³-hybridized carbons (Fsp3) is 0.571. The number of nitro benzene ring substituents is 1. The molecule has 6 heteroatoms. The number of rotatable bonds is 7. The fourth-order valence-corrected chi connectivity index (χ4v) is 1.75. The van der Waals surface area contributed by atoms with E-state index in [1.54, 1.807) is 6.07 Å². The largest absolute Gasteiger partial charge is 0.491 e. The number of nitro groups is 1. The molecule has 0 saturated heterocycles. The lowest BCUT2D eigenvalue weighted by atomic mass is 10.1. The number of hydrogen-bond acceptors (Lipinski definition) is 5. The predicted molar refractivity (Wildman–Crippen MR) is 78.2 cm³/mol. The van der Waals surface area contributed by atoms with Gasteiger partial charge in [0.2, 0.25) is 0 Å². The highest BCUT2D eigenvalue weighted by Gasteiger charge is 2.16. The van der Waals surface area contributed by atoms with Gasteiger partial charge in [-0.05, 0) is 19.8 Å². The van der Waals surface area contributed by atoms with E-state index in [9.17, 15) is 15.2 Å². The Balaban J connectivity index is 3.05. The molecule has 1 rings (SSSR count). The average Bonchev–Trinajstić information content (AvgIpc) is 2.34. The highest BCUT2D eigenvalue weighted by Crippen LogP contribution is 2.27. The first-order chi connectivity index (χ1) is 9.33. The van der Waals surface area contributed by atoms with Crippen molar-refractivity contribution in [3.05, 3.63) is 28.3 Å². The smallest absolute Gasteiger partial charge is 0.275 e. The van der Waals surface area contributed by atoms with Crippen LogP contribution in [0.5, 0.6) is 5.75 Å². The van der Waals surface area contributed by atoms with Crippen LogP contribution in [0.1, 0.15) is 27.7 Å². The molecule has 0 saturated carbocycles. The van der Waals surface area contributed by atoms with Crippen LogP contribution in [0, 0.1) is 16.0 Å². The van der Waals surface area contributed by atoms with E-state index in [1.165, 1.54) is 12.1 Å². The molecule has 20 heavy (non-hydrogen) atoms. The molecule has 112 valence electrons. The van der Waals surface area contributed by atoms with E-state index in [2.05, 4.69) is 5.32 Å². The molecular formula is C14H22N2O4. The molecule has 0 spiro atoms. The molecule has 0 aliphatic rings. The maximum atomic E-state index is 11.0. The summed E-state index contributed by atoms with van der Waals surface area (Å²) in [4.78, 5) is 10.5. The van der Waals surface area contributed by atoms with Crippen LogP contribution in [0.15, 0.2) is 18.2 Å². The lowest BCUT2D eigenvalue weighted by Gasteiger charge is -2.21. The third kappa shape index (κ3) is 4.70. The molecule has 1 aromatic rings. The average molecular weight is 282 g/mol. The number of ether oxygens (including phenoxy) is 1. The monoisotopic (exact) mass is 282 g/mol. The van der Waals surface area contributed by atoms with Crippen molar-refractivity contribution in [3.8, 4) is 5.75 Å². The first-order valence-corrected chi connectivity index (χ1v) is 6.67. The Morgan fingerprint density at radius 3 is 2.40 bits per heavy atom. The minimum Gasteiger partial charge on any atom is -0.491 e. The van der Waals surface area contributed by atoms with Gasteiger partial charge in [-0.2, -0.15) is 0 Å². The Hall–Kier alpha value is -1.82. The molecule has 1 unspecified atom stereocenters. The van der Waals surface area contributed by atoms with E-state index in [4.69, 9.17) is 4.74 Å². The molecule has 1 aromatic carbocycles. The van der Waals surface area contributed by atoms with Crippen molar-refractivity contribution in [2.24, 2.45) is 5.92 Å². The lowest BCUT2D eigenvalue weighted by molar-refractivity contribution is -0.384. The molecule has 0 radical (unpaired) electrons. The topological polar surface area (TPSA) is 84.6 Å². The van der Waals surface area contributed by atoms with Gasteiger partial charge in [0.1, 0.15) is 5.75 Å². The van der Waals surface area contributed by atoms with E-state index >= 15 is 0 Å². The van der Waals surface area contributed by atoms with Crippen molar-refractivity contribution in [2.75, 3.05) is 11.9 Å². The van der Waals surface area contributed by atoms with Gasteiger partial charge in [-0.25, -0.2) is 0 Å². The molecule has 0 aliphatic heterocycles. The van der Waals surface area contributed by atoms with Crippen molar-refractivity contribution in [2.45, 2.75) is 39.8 Å². The molecule has 6 nitrogen and oxygen atoms in total. The Bertz CT molecular complexity index is 460. The van der Waals surface area contributed by atoms with Gasteiger partial charge in [0.15, 0.2) is 0 Å². The first-order valence-electron chi connectivity index (χ1n) is 6.67. The van der Waals surface area contributed by atoms with Crippen LogP contribution in [-0.2, 0) is 0 Å². The number of aliphatic hydroxyl groups is 1. The second kappa shape index (κ2) is 7.09. The standard InChI is InChI=1S/C14H22N2O4/c1-9(2)14(8-17)15-11-5-12(16(18)19)7-13(6-11)20-10(3)4/h5-7,9-10,14-15,17H,8H2,1-4H3. The molecule has 1 atom stereocenters. The minimum absolute atomic E-state index is 0.0360. The van der Waals surface area contributed by atoms with Crippen LogP contribution < -0.4 is 10.1 Å². The summed E-state index contributed by atoms with van der Waals surface area (Å²) in [7, 11) is 0. The maximum absolute atomic E-state index is 11.0. The van der Waals surface area contributed by atoms with E-state index in [0.717, 1.165) is 0 Å². The highest BCUT2D eigenvalue weighted by molar-refractivity contribution is 5.57. The first kappa shape index (κ1) is 16.2. The number of benzene rings is 1. The number of non-ortho nitro benzene ring substituents is 1. The van der Waals surface area contributed by atoms with E-state index < -0.39 is 4.92 Å². The lowest BCUT2D eigenvalue weighted by Crippen LogP contribution is -2.29. The van der Waals surface area contributed by atoms with Crippen LogP contribution in [-0.4, -0.2) is 28.8 Å². The summed E-state index contributed by atoms with van der Waals surface area (Å²) in [6, 6.07) is 4.38. The molecule has 0 bridgehead atoms. The molecule has 0 amide bonds. The quantitative estimate of drug-likeness (QED) is 0.593. The van der Waals surface area contributed by atoms with E-state index in [0.29, 0.717) is 11.4 Å². The molecule has 0 aliphatic carbocycles. The van der Waals surface area contributed by atoms with Gasteiger partial charge in [0.05, 0.1) is 29.7 Å². The fourth-order valence-electron chi connectivity index (χ4n) is 1.75. The van der Waals surface area contributed by atoms with Crippen molar-refractivity contribution in [1.82, 2.24) is 0 Å². The number of nitrogens with one attached hydrogen (secondary N) is 1. The summed E-state index contributed by atoms with van der Waals surface area (Å²) < 4.78 is 5.51. The summed E-state index contributed by atoms with van der Waals surface area (Å²) in [5.74, 6) is 0.644. The second-order valence-corrected chi connectivity index (χ2v) is 5.32. The molecule has 0 fully saturated rings. The zero-order chi connectivity index (χ0) is 15.3. The maximum Gasteiger partial charge on any atom is 0.275 e. The van der Waals surface area contributed by atoms with Gasteiger partial charge < -0.3 is 15.2 Å². The van der Waals surface area contributed by atoms with Crippen molar-refractivity contribution in [3.63, 3.8) is 0 Å². The van der Waals surface area contributed by atoms with Gasteiger partial charge in [-0.15, -0.1) is 0 Å². The van der Waals surface area contributed by atoms with E-state index in [1.807, 2.05) is 27.7 Å². The third-order valence-corrected chi connectivity index (χ3v) is 2.83. The van der Waals surface area contributed by atoms with Gasteiger partial charge in [0.25, 0.3) is 5.69 Å². The molecule has 0 aromatic heterocycles. The Kier molecular flexibility index (Phi) is 5.76. The van der Waals surface area contributed by atoms with Gasteiger partial charge in [0, 0.05) is 17.8 Å². The normalized spacial score (nSPS) is 12.6. The van der Waals surface area contributed by atoms with Gasteiger partial charge in [-0.1, -0.05) is 13.8 Å². The van der Waals surface area contributed by atoms with Crippen LogP contribution >= 0.6 is 0 Å². The summed E-state index contributed by atoms with van der Waals surface area (Å²) in [5, 5.41) is 23.4. The number of hydrogen-bond donors (Lipinski definition) is 2. The third-order valence-electron chi connectivity index (χ3n) is 2.83. The zero-order valence-corrected chi connectivity index (χ0v) is 12.3. The molecular weight excluding hydrogens is 260 g/mol. The zero-order valence-electron chi connectivity index (χ0n) is 12.3. The summed E-state index contributed by atoms with van der Waals surface area (Å²) in [6.45, 7) is 7.61. The number of anilines is 1. The summed E-state index contributed by atoms with van der Waals surface area (Å²) >= 11 is 0. The number of nitrogens with zero attached hydrogens (tertiary/aromatic N) is 1. The van der Waals surface area contributed by atoms with Crippen LogP contribution in [0.4, 0.5) is 11.4 Å². The predicted octanol–water partition coefficient (Wildman–Crippen LogP) is 2.81. The summed E-state index contributed by atoms with van der Waals surface area (Å²) in [6.07, 6.45) is -0.0661. The molecule has 0 heterocycles. The van der Waals surface area contributed by atoms with Crippen LogP contribution in [0.3, 0.4) is 0 Å². The number of aliphatic hydroxyl groups excluding tert-OH is 1. The SMILES string of the molecule is CC(C)Oc1cc(NC(CO)C(C)C)cc([N+](=O)[O-])c1. The minimum atomic E-state index is -0.457. The van der Waals surface area contributed by atoms with Crippen LogP contribution in [0.25, 0.3) is 0 Å². The Morgan fingerprint density at radius 2 is 1.95 bits per heavy atom. The van der Waals surface area contributed by atoms with Crippen molar-refractivity contribution in [1.29, 1.82) is 0 Å². The van der Waals surface area contributed by atoms with Crippen LogP contribution in [0.2, 0.25) is 0 Å². The van der Waals surface area contributed by atoms with Crippen molar-refractivity contribution >= 4 is 11.4 Å². The Labute approximate surface area is 118 Å². The van der Waals surface area contributed by atoms with Gasteiger partial charge in [-0.3, -0.25) is 10.1 Å². The molecule has 2 N–H and O–H groups in total.